The van der Waals surface area contributed by atoms with Crippen molar-refractivity contribution < 1.29 is 0 Å². The van der Waals surface area contributed by atoms with Crippen molar-refractivity contribution in [2.75, 3.05) is 0 Å². The van der Waals surface area contributed by atoms with Crippen LogP contribution in [0.4, 0.5) is 0 Å². The fraction of sp³-hybridized carbons (Fsp3) is 1.00. The van der Waals surface area contributed by atoms with Gasteiger partial charge in [-0.3, -0.25) is 0 Å². The predicted molar refractivity (Wildman–Crippen MR) is 113 cm³/mol. The quantitative estimate of drug-likeness (QED) is 0.206. The molecule has 0 amide bonds. The fourth-order valence-electron chi connectivity index (χ4n) is 3.82. The molecule has 0 rings (SSSR count). The first kappa shape index (κ1) is 24.0. The second-order valence-corrected chi connectivity index (χ2v) is 8.61. The zero-order valence-corrected chi connectivity index (χ0v) is 17.9. The molecular weight excluding hydrogens is 288 g/mol. The molecule has 0 fully saturated rings. The molecule has 2 unspecified atom stereocenters. The lowest BCUT2D eigenvalue weighted by molar-refractivity contribution is 0.400. The number of unbranched alkanes of at least 4 members (excludes halogenated alkanes) is 11. The lowest BCUT2D eigenvalue weighted by Gasteiger charge is -2.13. The zero-order valence-electron chi connectivity index (χ0n) is 17.9. The van der Waals surface area contributed by atoms with E-state index < -0.39 is 0 Å². The molecule has 24 heavy (non-hydrogen) atoms. The predicted octanol–water partition coefficient (Wildman–Crippen LogP) is 9.32. The summed E-state index contributed by atoms with van der Waals surface area (Å²) in [6.07, 6.45) is 26.2. The molecule has 0 N–H and O–H groups in total. The molecule has 0 heterocycles. The molecule has 0 saturated carbocycles. The maximum Gasteiger partial charge on any atom is -0.0443 e. The molecule has 0 radical (unpaired) electrons. The lowest BCUT2D eigenvalue weighted by Crippen LogP contribution is -1.98. The van der Waals surface area contributed by atoms with Gasteiger partial charge in [0.1, 0.15) is 0 Å². The third-order valence-electron chi connectivity index (χ3n) is 5.74. The standard InChI is InChI=1S/C24H50/c1-5-7-9-11-13-15-19-23(3)21-17-18-22-24(4)20-16-14-12-10-8-6-2/h23-24H,5-22H2,1-4H3. The summed E-state index contributed by atoms with van der Waals surface area (Å²) >= 11 is 0. The summed E-state index contributed by atoms with van der Waals surface area (Å²) in [5, 5.41) is 0. The molecule has 0 aliphatic carbocycles. The molecule has 0 bridgehead atoms. The maximum atomic E-state index is 2.48. The van der Waals surface area contributed by atoms with Crippen molar-refractivity contribution in [2.45, 2.75) is 143 Å². The molecule has 0 heteroatoms. The average Bonchev–Trinajstić information content (AvgIpc) is 2.58. The van der Waals surface area contributed by atoms with Crippen LogP contribution in [-0.2, 0) is 0 Å². The summed E-state index contributed by atoms with van der Waals surface area (Å²) in [6.45, 7) is 9.56. The van der Waals surface area contributed by atoms with Crippen molar-refractivity contribution in [3.63, 3.8) is 0 Å². The van der Waals surface area contributed by atoms with Crippen molar-refractivity contribution >= 4 is 0 Å². The van der Waals surface area contributed by atoms with Gasteiger partial charge in [0.05, 0.1) is 0 Å². The Morgan fingerprint density at radius 2 is 0.625 bits per heavy atom. The van der Waals surface area contributed by atoms with Gasteiger partial charge in [0.2, 0.25) is 0 Å². The molecule has 0 aromatic heterocycles. The van der Waals surface area contributed by atoms with Gasteiger partial charge in [-0.2, -0.15) is 0 Å². The first-order valence-corrected chi connectivity index (χ1v) is 11.7. The first-order valence-electron chi connectivity index (χ1n) is 11.7. The molecule has 0 aliphatic heterocycles. The molecule has 0 aliphatic rings. The van der Waals surface area contributed by atoms with E-state index in [1.54, 1.807) is 0 Å². The normalized spacial score (nSPS) is 14.0. The summed E-state index contributed by atoms with van der Waals surface area (Å²) < 4.78 is 0. The summed E-state index contributed by atoms with van der Waals surface area (Å²) in [4.78, 5) is 0. The van der Waals surface area contributed by atoms with E-state index in [-0.39, 0.29) is 0 Å². The van der Waals surface area contributed by atoms with Crippen molar-refractivity contribution in [3.8, 4) is 0 Å². The lowest BCUT2D eigenvalue weighted by atomic mass is 9.93. The van der Waals surface area contributed by atoms with E-state index in [4.69, 9.17) is 0 Å². The van der Waals surface area contributed by atoms with Gasteiger partial charge in [-0.15, -0.1) is 0 Å². The second kappa shape index (κ2) is 19.3. The summed E-state index contributed by atoms with van der Waals surface area (Å²) in [5.41, 5.74) is 0. The summed E-state index contributed by atoms with van der Waals surface area (Å²) in [5.74, 6) is 1.93. The SMILES string of the molecule is CCCCCCCCC(C)CCCCC(C)CCCCCCCC. The third-order valence-corrected chi connectivity index (χ3v) is 5.74. The van der Waals surface area contributed by atoms with E-state index in [0.717, 1.165) is 11.8 Å². The van der Waals surface area contributed by atoms with Gasteiger partial charge >= 0.3 is 0 Å². The molecular formula is C24H50. The van der Waals surface area contributed by atoms with Crippen LogP contribution in [0.5, 0.6) is 0 Å². The highest BCUT2D eigenvalue weighted by Crippen LogP contribution is 2.21. The van der Waals surface area contributed by atoms with Crippen molar-refractivity contribution in [1.82, 2.24) is 0 Å². The van der Waals surface area contributed by atoms with E-state index in [9.17, 15) is 0 Å². The molecule has 146 valence electrons. The van der Waals surface area contributed by atoms with Crippen LogP contribution in [0.3, 0.4) is 0 Å². The van der Waals surface area contributed by atoms with Crippen LogP contribution in [0.1, 0.15) is 143 Å². The smallest absolute Gasteiger partial charge is 0.0443 e. The largest absolute Gasteiger partial charge is 0.0654 e. The minimum absolute atomic E-state index is 0.963. The minimum Gasteiger partial charge on any atom is -0.0654 e. The number of hydrogen-bond donors (Lipinski definition) is 0. The van der Waals surface area contributed by atoms with Gasteiger partial charge in [-0.1, -0.05) is 143 Å². The fourth-order valence-corrected chi connectivity index (χ4v) is 3.82. The van der Waals surface area contributed by atoms with Crippen LogP contribution < -0.4 is 0 Å². The number of hydrogen-bond acceptors (Lipinski definition) is 0. The zero-order chi connectivity index (χ0) is 17.9. The van der Waals surface area contributed by atoms with Crippen molar-refractivity contribution in [1.29, 1.82) is 0 Å². The van der Waals surface area contributed by atoms with Crippen molar-refractivity contribution in [3.05, 3.63) is 0 Å². The highest BCUT2D eigenvalue weighted by Gasteiger charge is 2.05. The van der Waals surface area contributed by atoms with Crippen molar-refractivity contribution in [2.24, 2.45) is 11.8 Å². The van der Waals surface area contributed by atoms with Gasteiger partial charge in [0, 0.05) is 0 Å². The Bertz CT molecular complexity index is 196. The van der Waals surface area contributed by atoms with Crippen LogP contribution in [0.2, 0.25) is 0 Å². The first-order chi connectivity index (χ1) is 11.7. The van der Waals surface area contributed by atoms with E-state index in [2.05, 4.69) is 27.7 Å². The topological polar surface area (TPSA) is 0 Å². The molecule has 0 aromatic rings. The average molecular weight is 339 g/mol. The van der Waals surface area contributed by atoms with E-state index >= 15 is 0 Å². The second-order valence-electron chi connectivity index (χ2n) is 8.61. The van der Waals surface area contributed by atoms with E-state index in [1.807, 2.05) is 0 Å². The van der Waals surface area contributed by atoms with Crippen LogP contribution in [0, 0.1) is 11.8 Å². The molecule has 2 atom stereocenters. The van der Waals surface area contributed by atoms with Crippen LogP contribution in [0.15, 0.2) is 0 Å². The Hall–Kier alpha value is 0. The van der Waals surface area contributed by atoms with E-state index in [0.29, 0.717) is 0 Å². The van der Waals surface area contributed by atoms with Crippen LogP contribution in [0.25, 0.3) is 0 Å². The van der Waals surface area contributed by atoms with Gasteiger partial charge in [-0.05, 0) is 11.8 Å². The highest BCUT2D eigenvalue weighted by molar-refractivity contribution is 4.58. The monoisotopic (exact) mass is 338 g/mol. The molecule has 0 aromatic carbocycles. The summed E-state index contributed by atoms with van der Waals surface area (Å²) in [6, 6.07) is 0. The van der Waals surface area contributed by atoms with Crippen LogP contribution >= 0.6 is 0 Å². The Kier molecular flexibility index (Phi) is 19.3. The minimum atomic E-state index is 0.963. The Morgan fingerprint density at radius 3 is 0.958 bits per heavy atom. The van der Waals surface area contributed by atoms with Crippen LogP contribution in [-0.4, -0.2) is 0 Å². The highest BCUT2D eigenvalue weighted by atomic mass is 14.1. The van der Waals surface area contributed by atoms with Gasteiger partial charge in [0.15, 0.2) is 0 Å². The Morgan fingerprint density at radius 1 is 0.375 bits per heavy atom. The number of rotatable bonds is 19. The van der Waals surface area contributed by atoms with Gasteiger partial charge in [0.25, 0.3) is 0 Å². The Balaban J connectivity index is 3.28. The van der Waals surface area contributed by atoms with Gasteiger partial charge < -0.3 is 0 Å². The van der Waals surface area contributed by atoms with Gasteiger partial charge in [-0.25, -0.2) is 0 Å². The Labute approximate surface area is 155 Å². The molecule has 0 saturated heterocycles. The molecule has 0 nitrogen and oxygen atoms in total. The van der Waals surface area contributed by atoms with E-state index in [1.165, 1.54) is 116 Å². The maximum absolute atomic E-state index is 2.48. The summed E-state index contributed by atoms with van der Waals surface area (Å²) in [7, 11) is 0. The third kappa shape index (κ3) is 18.3. The molecule has 0 spiro atoms.